The lowest BCUT2D eigenvalue weighted by atomic mass is 9.74. The van der Waals surface area contributed by atoms with E-state index in [0.717, 1.165) is 16.6 Å². The largest absolute Gasteiger partial charge is 0.495 e. The minimum atomic E-state index is -0.536. The molecule has 1 heterocycles. The van der Waals surface area contributed by atoms with Crippen LogP contribution in [0.2, 0.25) is 0 Å². The van der Waals surface area contributed by atoms with Crippen LogP contribution in [0.25, 0.3) is 11.1 Å². The van der Waals surface area contributed by atoms with E-state index in [1.807, 2.05) is 71.0 Å². The average Bonchev–Trinajstić information content (AvgIpc) is 3.31. The van der Waals surface area contributed by atoms with E-state index < -0.39 is 24.4 Å². The average molecular weight is 493 g/mol. The van der Waals surface area contributed by atoms with Gasteiger partial charge in [-0.1, -0.05) is 54.5 Å². The maximum atomic E-state index is 12.8. The van der Waals surface area contributed by atoms with Crippen LogP contribution < -0.4 is 10.8 Å². The van der Waals surface area contributed by atoms with E-state index in [9.17, 15) is 4.79 Å². The zero-order valence-corrected chi connectivity index (χ0v) is 22.1. The number of carbonyl (C=O) groups is 1. The van der Waals surface area contributed by atoms with Crippen LogP contribution in [0, 0.1) is 19.3 Å². The summed E-state index contributed by atoms with van der Waals surface area (Å²) in [6.07, 6.45) is 5.28. The first-order chi connectivity index (χ1) is 17.6. The maximum Gasteiger partial charge on any atom is 0.495 e. The molecule has 3 aromatic carbocycles. The molecule has 6 heteroatoms. The summed E-state index contributed by atoms with van der Waals surface area (Å²) in [5, 5.41) is 2.90. The van der Waals surface area contributed by atoms with Crippen molar-refractivity contribution >= 4 is 18.7 Å². The highest BCUT2D eigenvalue weighted by molar-refractivity contribution is 6.62. The molecule has 3 aromatic rings. The highest BCUT2D eigenvalue weighted by Crippen LogP contribution is 2.44. The lowest BCUT2D eigenvalue weighted by molar-refractivity contribution is 0.00578. The highest BCUT2D eigenvalue weighted by atomic mass is 16.7. The molecule has 5 rings (SSSR count). The third-order valence-corrected chi connectivity index (χ3v) is 8.00. The molecule has 5 nitrogen and oxygen atoms in total. The fourth-order valence-corrected chi connectivity index (χ4v) is 5.10. The van der Waals surface area contributed by atoms with Crippen molar-refractivity contribution in [1.29, 1.82) is 0 Å². The summed E-state index contributed by atoms with van der Waals surface area (Å²) in [4.78, 5) is 12.8. The number of carbonyl (C=O) groups excluding carboxylic acids is 1. The second-order valence-electron chi connectivity index (χ2n) is 10.8. The minimum Gasteiger partial charge on any atom is -0.449 e. The Labute approximate surface area is 219 Å². The number of terminal acetylenes is 1. The van der Waals surface area contributed by atoms with E-state index in [2.05, 4.69) is 35.5 Å². The molecule has 1 saturated heterocycles. The number of fused-ring (bicyclic) bond motifs is 3. The predicted octanol–water partition coefficient (Wildman–Crippen LogP) is 5.31. The van der Waals surface area contributed by atoms with Gasteiger partial charge in [0.15, 0.2) is 0 Å². The van der Waals surface area contributed by atoms with Crippen molar-refractivity contribution in [1.82, 2.24) is 5.32 Å². The van der Waals surface area contributed by atoms with Gasteiger partial charge in [-0.25, -0.2) is 4.79 Å². The Morgan fingerprint density at radius 1 is 1.00 bits per heavy atom. The first kappa shape index (κ1) is 25.1. The molecule has 0 radical (unpaired) electrons. The molecular formula is C31H32BNO4. The number of rotatable bonds is 5. The highest BCUT2D eigenvalue weighted by Gasteiger charge is 2.52. The van der Waals surface area contributed by atoms with Crippen LogP contribution in [-0.4, -0.2) is 31.0 Å². The van der Waals surface area contributed by atoms with Crippen molar-refractivity contribution in [2.75, 3.05) is 6.61 Å². The van der Waals surface area contributed by atoms with Crippen molar-refractivity contribution in [3.05, 3.63) is 88.5 Å². The Morgan fingerprint density at radius 2 is 1.57 bits per heavy atom. The molecule has 1 aliphatic heterocycles. The molecule has 37 heavy (non-hydrogen) atoms. The molecule has 0 unspecified atom stereocenters. The summed E-state index contributed by atoms with van der Waals surface area (Å²) >= 11 is 0. The Kier molecular flexibility index (Phi) is 6.39. The predicted molar refractivity (Wildman–Crippen MR) is 147 cm³/mol. The second-order valence-corrected chi connectivity index (χ2v) is 10.8. The molecule has 0 bridgehead atoms. The summed E-state index contributed by atoms with van der Waals surface area (Å²) in [5.41, 5.74) is 7.28. The zero-order valence-electron chi connectivity index (χ0n) is 22.1. The van der Waals surface area contributed by atoms with Gasteiger partial charge in [-0.05, 0) is 85.6 Å². The van der Waals surface area contributed by atoms with Crippen molar-refractivity contribution in [3.63, 3.8) is 0 Å². The van der Waals surface area contributed by atoms with Crippen molar-refractivity contribution in [2.45, 2.75) is 58.3 Å². The molecule has 1 fully saturated rings. The first-order valence-corrected chi connectivity index (χ1v) is 12.7. The van der Waals surface area contributed by atoms with Crippen LogP contribution >= 0.6 is 0 Å². The van der Waals surface area contributed by atoms with Gasteiger partial charge in [0.1, 0.15) is 6.61 Å². The van der Waals surface area contributed by atoms with E-state index in [-0.39, 0.29) is 19.1 Å². The van der Waals surface area contributed by atoms with Gasteiger partial charge in [-0.15, -0.1) is 6.42 Å². The van der Waals surface area contributed by atoms with Gasteiger partial charge in [0.25, 0.3) is 0 Å². The van der Waals surface area contributed by atoms with Crippen molar-refractivity contribution < 1.29 is 18.8 Å². The van der Waals surface area contributed by atoms with Crippen LogP contribution in [0.5, 0.6) is 0 Å². The summed E-state index contributed by atoms with van der Waals surface area (Å²) in [6.45, 7) is 10.6. The smallest absolute Gasteiger partial charge is 0.449 e. The van der Waals surface area contributed by atoms with E-state index >= 15 is 0 Å². The van der Waals surface area contributed by atoms with Gasteiger partial charge in [-0.3, -0.25) is 0 Å². The normalized spacial score (nSPS) is 17.1. The van der Waals surface area contributed by atoms with Gasteiger partial charge in [0, 0.05) is 18.0 Å². The zero-order chi connectivity index (χ0) is 26.4. The fourth-order valence-electron chi connectivity index (χ4n) is 5.10. The third-order valence-electron chi connectivity index (χ3n) is 8.00. The number of alkyl carbamates (subject to hydrolysis) is 1. The Bertz CT molecular complexity index is 1340. The van der Waals surface area contributed by atoms with E-state index in [1.165, 1.54) is 22.3 Å². The van der Waals surface area contributed by atoms with Gasteiger partial charge in [0.2, 0.25) is 0 Å². The number of nitrogens with one attached hydrogen (secondary N) is 1. The Morgan fingerprint density at radius 3 is 2.14 bits per heavy atom. The standard InChI is InChI=1S/C31H32BNO4/c1-7-21-16-22(20(2)28(17-21)32-36-30(3,4)31(5,6)37-32)18-33-29(34)35-19-27-25-14-10-8-12-23(25)24-13-9-11-15-26(24)27/h1,8-17,27H,18-19H2,2-6H3,(H,33,34). The molecule has 2 aliphatic rings. The second kappa shape index (κ2) is 9.41. The first-order valence-electron chi connectivity index (χ1n) is 12.7. The Hall–Kier alpha value is -3.53. The molecule has 0 aromatic heterocycles. The molecule has 0 saturated carbocycles. The van der Waals surface area contributed by atoms with E-state index in [1.54, 1.807) is 0 Å². The summed E-state index contributed by atoms with van der Waals surface area (Å²) < 4.78 is 18.2. The number of amides is 1. The van der Waals surface area contributed by atoms with Crippen LogP contribution in [0.15, 0.2) is 60.7 Å². The molecule has 1 aliphatic carbocycles. The van der Waals surface area contributed by atoms with Crippen LogP contribution in [0.1, 0.15) is 61.4 Å². The van der Waals surface area contributed by atoms with Gasteiger partial charge in [-0.2, -0.15) is 0 Å². The van der Waals surface area contributed by atoms with Crippen LogP contribution in [0.4, 0.5) is 4.79 Å². The molecular weight excluding hydrogens is 461 g/mol. The van der Waals surface area contributed by atoms with Gasteiger partial charge < -0.3 is 19.4 Å². The fraction of sp³-hybridized carbons (Fsp3) is 0.323. The summed E-state index contributed by atoms with van der Waals surface area (Å²) in [7, 11) is -0.536. The molecule has 188 valence electrons. The number of ether oxygens (including phenoxy) is 1. The monoisotopic (exact) mass is 493 g/mol. The van der Waals surface area contributed by atoms with Gasteiger partial charge >= 0.3 is 13.2 Å². The lowest BCUT2D eigenvalue weighted by Gasteiger charge is -2.32. The lowest BCUT2D eigenvalue weighted by Crippen LogP contribution is -2.41. The van der Waals surface area contributed by atoms with Gasteiger partial charge in [0.05, 0.1) is 11.2 Å². The molecule has 1 amide bonds. The Balaban J connectivity index is 1.28. The molecule has 0 atom stereocenters. The minimum absolute atomic E-state index is 0.0135. The van der Waals surface area contributed by atoms with E-state index in [0.29, 0.717) is 5.56 Å². The van der Waals surface area contributed by atoms with E-state index in [4.69, 9.17) is 20.5 Å². The number of benzene rings is 3. The van der Waals surface area contributed by atoms with Crippen LogP contribution in [-0.2, 0) is 20.6 Å². The quantitative estimate of drug-likeness (QED) is 0.387. The topological polar surface area (TPSA) is 56.8 Å². The SMILES string of the molecule is C#Cc1cc(CNC(=O)OCC2c3ccccc3-c3ccccc32)c(C)c(B2OC(C)(C)C(C)(C)O2)c1. The van der Waals surface area contributed by atoms with Crippen LogP contribution in [0.3, 0.4) is 0 Å². The van der Waals surface area contributed by atoms with Crippen molar-refractivity contribution in [2.24, 2.45) is 0 Å². The number of hydrogen-bond donors (Lipinski definition) is 1. The molecule has 1 N–H and O–H groups in total. The van der Waals surface area contributed by atoms with Crippen molar-refractivity contribution in [3.8, 4) is 23.5 Å². The summed E-state index contributed by atoms with van der Waals surface area (Å²) in [5.74, 6) is 2.73. The maximum absolute atomic E-state index is 12.8. The summed E-state index contributed by atoms with van der Waals surface area (Å²) in [6, 6.07) is 20.4. The third kappa shape index (κ3) is 4.54. The molecule has 0 spiro atoms. The number of hydrogen-bond acceptors (Lipinski definition) is 4.